The molecular formula is C15H16ClN3O4S. The minimum Gasteiger partial charge on any atom is -0.507 e. The summed E-state index contributed by atoms with van der Waals surface area (Å²) in [5.74, 6) is 0.0439. The van der Waals surface area contributed by atoms with Crippen molar-refractivity contribution in [2.45, 2.75) is 13.3 Å². The van der Waals surface area contributed by atoms with E-state index >= 15 is 0 Å². The van der Waals surface area contributed by atoms with Crippen LogP contribution < -0.4 is 10.2 Å². The van der Waals surface area contributed by atoms with E-state index in [2.05, 4.69) is 15.5 Å². The molecule has 0 amide bonds. The Morgan fingerprint density at radius 2 is 2.33 bits per heavy atom. The van der Waals surface area contributed by atoms with Crippen LogP contribution in [0.3, 0.4) is 0 Å². The minimum atomic E-state index is -0.323. The summed E-state index contributed by atoms with van der Waals surface area (Å²) in [5, 5.41) is 16.5. The third-order valence-electron chi connectivity index (χ3n) is 2.85. The zero-order valence-corrected chi connectivity index (χ0v) is 14.6. The zero-order chi connectivity index (χ0) is 17.5. The highest BCUT2D eigenvalue weighted by Crippen LogP contribution is 2.30. The molecule has 0 atom stereocenters. The average molecular weight is 370 g/mol. The van der Waals surface area contributed by atoms with Gasteiger partial charge in [0.1, 0.15) is 11.5 Å². The second-order valence-electron chi connectivity index (χ2n) is 4.54. The van der Waals surface area contributed by atoms with Gasteiger partial charge >= 0.3 is 5.97 Å². The van der Waals surface area contributed by atoms with Crippen LogP contribution in [-0.2, 0) is 16.0 Å². The molecule has 0 bridgehead atoms. The van der Waals surface area contributed by atoms with Crippen LogP contribution in [0.15, 0.2) is 22.6 Å². The Kier molecular flexibility index (Phi) is 6.39. The Hall–Kier alpha value is -2.32. The van der Waals surface area contributed by atoms with Crippen LogP contribution >= 0.6 is 22.9 Å². The molecule has 0 saturated carbocycles. The van der Waals surface area contributed by atoms with Crippen molar-refractivity contribution in [3.63, 3.8) is 0 Å². The number of hydrazone groups is 1. The Morgan fingerprint density at radius 1 is 1.54 bits per heavy atom. The lowest BCUT2D eigenvalue weighted by atomic mass is 10.2. The summed E-state index contributed by atoms with van der Waals surface area (Å²) >= 11 is 7.31. The molecule has 7 nitrogen and oxygen atoms in total. The first kappa shape index (κ1) is 18.0. The van der Waals surface area contributed by atoms with Gasteiger partial charge in [0.25, 0.3) is 0 Å². The van der Waals surface area contributed by atoms with E-state index in [1.54, 1.807) is 12.3 Å². The van der Waals surface area contributed by atoms with Crippen molar-refractivity contribution < 1.29 is 19.4 Å². The van der Waals surface area contributed by atoms with Gasteiger partial charge < -0.3 is 14.6 Å². The van der Waals surface area contributed by atoms with E-state index in [0.717, 1.165) is 0 Å². The molecule has 2 N–H and O–H groups in total. The van der Waals surface area contributed by atoms with E-state index in [9.17, 15) is 9.90 Å². The molecule has 0 spiro atoms. The number of nitrogens with one attached hydrogen (secondary N) is 1. The number of esters is 1. The number of hydrogen-bond acceptors (Lipinski definition) is 8. The number of nitrogens with zero attached hydrogens (tertiary/aromatic N) is 2. The number of rotatable bonds is 7. The molecule has 2 rings (SSSR count). The Bertz CT molecular complexity index is 748. The Labute approximate surface area is 147 Å². The quantitative estimate of drug-likeness (QED) is 0.442. The van der Waals surface area contributed by atoms with Crippen molar-refractivity contribution in [3.05, 3.63) is 33.8 Å². The van der Waals surface area contributed by atoms with Crippen molar-refractivity contribution in [3.8, 4) is 11.5 Å². The van der Waals surface area contributed by atoms with Crippen molar-refractivity contribution in [2.75, 3.05) is 19.1 Å². The van der Waals surface area contributed by atoms with Gasteiger partial charge in [0.15, 0.2) is 0 Å². The van der Waals surface area contributed by atoms with Crippen molar-refractivity contribution in [1.29, 1.82) is 0 Å². The molecule has 1 heterocycles. The lowest BCUT2D eigenvalue weighted by Gasteiger charge is -2.05. The van der Waals surface area contributed by atoms with Crippen molar-refractivity contribution in [1.82, 2.24) is 4.98 Å². The van der Waals surface area contributed by atoms with Crippen LogP contribution in [0.5, 0.6) is 11.5 Å². The maximum atomic E-state index is 11.4. The smallest absolute Gasteiger partial charge is 0.311 e. The second kappa shape index (κ2) is 8.51. The molecule has 1 aromatic carbocycles. The Morgan fingerprint density at radius 3 is 3.04 bits per heavy atom. The van der Waals surface area contributed by atoms with Crippen LogP contribution in [0.2, 0.25) is 5.02 Å². The summed E-state index contributed by atoms with van der Waals surface area (Å²) in [4.78, 5) is 15.6. The number of carbonyl (C=O) groups is 1. The van der Waals surface area contributed by atoms with Gasteiger partial charge in [-0.1, -0.05) is 11.6 Å². The molecule has 0 saturated heterocycles. The number of carbonyl (C=O) groups excluding carboxylic acids is 1. The van der Waals surface area contributed by atoms with Gasteiger partial charge in [-0.05, 0) is 13.0 Å². The maximum absolute atomic E-state index is 11.4. The summed E-state index contributed by atoms with van der Waals surface area (Å²) in [6, 6.07) is 2.94. The van der Waals surface area contributed by atoms with Gasteiger partial charge in [0.2, 0.25) is 5.13 Å². The molecule has 0 fully saturated rings. The molecule has 1 aromatic heterocycles. The third-order valence-corrected chi connectivity index (χ3v) is 3.94. The lowest BCUT2D eigenvalue weighted by Crippen LogP contribution is -2.07. The highest BCUT2D eigenvalue weighted by atomic mass is 35.5. The number of halogens is 1. The van der Waals surface area contributed by atoms with E-state index in [0.29, 0.717) is 33.8 Å². The second-order valence-corrected chi connectivity index (χ2v) is 5.81. The van der Waals surface area contributed by atoms with Crippen LogP contribution in [0, 0.1) is 0 Å². The van der Waals surface area contributed by atoms with Crippen LogP contribution in [0.1, 0.15) is 18.2 Å². The number of hydrogen-bond donors (Lipinski definition) is 2. The first-order valence-electron chi connectivity index (χ1n) is 6.99. The topological polar surface area (TPSA) is 93.0 Å². The summed E-state index contributed by atoms with van der Waals surface area (Å²) in [7, 11) is 1.46. The van der Waals surface area contributed by atoms with E-state index < -0.39 is 0 Å². The standard InChI is InChI=1S/C15H16ClN3O4S/c1-3-23-14(21)5-10-8-24-15(18-10)19-17-7-9-4-11(16)13(22-2)6-12(9)20/h4,6-8,20H,3,5H2,1-2H3,(H,18,19). The number of ether oxygens (including phenoxy) is 2. The SMILES string of the molecule is CCOC(=O)Cc1csc(NN=Cc2cc(Cl)c(OC)cc2O)n1. The molecule has 24 heavy (non-hydrogen) atoms. The largest absolute Gasteiger partial charge is 0.507 e. The fourth-order valence-corrected chi connectivity index (χ4v) is 2.68. The summed E-state index contributed by atoms with van der Waals surface area (Å²) < 4.78 is 9.87. The Balaban J connectivity index is 1.98. The molecular weight excluding hydrogens is 354 g/mol. The number of aromatic nitrogens is 1. The average Bonchev–Trinajstić information content (AvgIpc) is 2.97. The predicted molar refractivity (Wildman–Crippen MR) is 93.3 cm³/mol. The normalized spacial score (nSPS) is 10.8. The molecule has 0 aliphatic heterocycles. The highest BCUT2D eigenvalue weighted by molar-refractivity contribution is 7.13. The molecule has 0 unspecified atom stereocenters. The number of benzene rings is 1. The van der Waals surface area contributed by atoms with E-state index in [4.69, 9.17) is 21.1 Å². The van der Waals surface area contributed by atoms with Gasteiger partial charge in [-0.25, -0.2) is 4.98 Å². The molecule has 2 aromatic rings. The van der Waals surface area contributed by atoms with Gasteiger partial charge in [0.05, 0.1) is 37.1 Å². The van der Waals surface area contributed by atoms with Gasteiger partial charge in [-0.3, -0.25) is 10.2 Å². The van der Waals surface area contributed by atoms with E-state index in [1.807, 2.05) is 0 Å². The molecule has 0 aliphatic rings. The van der Waals surface area contributed by atoms with Gasteiger partial charge in [0, 0.05) is 17.0 Å². The number of phenols is 1. The predicted octanol–water partition coefficient (Wildman–Crippen LogP) is 3.06. The van der Waals surface area contributed by atoms with Crippen molar-refractivity contribution >= 4 is 40.3 Å². The summed E-state index contributed by atoms with van der Waals surface area (Å²) in [5.41, 5.74) is 3.76. The molecule has 0 aliphatic carbocycles. The first-order chi connectivity index (χ1) is 11.5. The summed E-state index contributed by atoms with van der Waals surface area (Å²) in [6.07, 6.45) is 1.53. The van der Waals surface area contributed by atoms with Crippen LogP contribution in [0.25, 0.3) is 0 Å². The van der Waals surface area contributed by atoms with Gasteiger partial charge in [-0.15, -0.1) is 11.3 Å². The van der Waals surface area contributed by atoms with Crippen molar-refractivity contribution in [2.24, 2.45) is 5.10 Å². The zero-order valence-electron chi connectivity index (χ0n) is 13.1. The highest BCUT2D eigenvalue weighted by Gasteiger charge is 2.09. The molecule has 0 radical (unpaired) electrons. The number of anilines is 1. The summed E-state index contributed by atoms with van der Waals surface area (Å²) in [6.45, 7) is 2.09. The number of phenolic OH excluding ortho intramolecular Hbond substituents is 1. The monoisotopic (exact) mass is 369 g/mol. The lowest BCUT2D eigenvalue weighted by molar-refractivity contribution is -0.142. The first-order valence-corrected chi connectivity index (χ1v) is 8.24. The number of aromatic hydroxyl groups is 1. The molecule has 128 valence electrons. The van der Waals surface area contributed by atoms with Crippen LogP contribution in [0.4, 0.5) is 5.13 Å². The maximum Gasteiger partial charge on any atom is 0.311 e. The van der Waals surface area contributed by atoms with E-state index in [1.165, 1.54) is 36.8 Å². The van der Waals surface area contributed by atoms with Gasteiger partial charge in [-0.2, -0.15) is 5.10 Å². The number of methoxy groups -OCH3 is 1. The third kappa shape index (κ3) is 4.84. The number of thiazole rings is 1. The van der Waals surface area contributed by atoms with E-state index in [-0.39, 0.29) is 18.1 Å². The van der Waals surface area contributed by atoms with Crippen LogP contribution in [-0.4, -0.2) is 36.0 Å². The molecule has 9 heteroatoms. The fourth-order valence-electron chi connectivity index (χ4n) is 1.77. The minimum absolute atomic E-state index is 0.0102. The fraction of sp³-hybridized carbons (Fsp3) is 0.267.